The zero-order chi connectivity index (χ0) is 9.14. The molecule has 0 aliphatic rings. The Morgan fingerprint density at radius 3 is 2.67 bits per heavy atom. The van der Waals surface area contributed by atoms with Crippen molar-refractivity contribution in [2.24, 2.45) is 5.73 Å². The van der Waals surface area contributed by atoms with Gasteiger partial charge in [0, 0.05) is 0 Å². The van der Waals surface area contributed by atoms with E-state index in [0.29, 0.717) is 0 Å². The maximum atomic E-state index is 5.87. The molecular weight excluding hydrogens is 150 g/mol. The zero-order valence-electron chi connectivity index (χ0n) is 7.79. The van der Waals surface area contributed by atoms with E-state index in [0.717, 1.165) is 11.3 Å². The van der Waals surface area contributed by atoms with Gasteiger partial charge in [0.1, 0.15) is 5.76 Å². The van der Waals surface area contributed by atoms with Crippen molar-refractivity contribution in [3.8, 4) is 0 Å². The minimum atomic E-state index is -0.106. The van der Waals surface area contributed by atoms with Gasteiger partial charge >= 0.3 is 0 Å². The quantitative estimate of drug-likeness (QED) is 0.684. The van der Waals surface area contributed by atoms with Crippen molar-refractivity contribution in [1.82, 2.24) is 0 Å². The molecule has 0 aromatic carbocycles. The summed E-state index contributed by atoms with van der Waals surface area (Å²) in [7, 11) is 0. The molecule has 1 heterocycles. The van der Waals surface area contributed by atoms with Crippen molar-refractivity contribution < 1.29 is 4.42 Å². The molecule has 2 N–H and O–H groups in total. The van der Waals surface area contributed by atoms with Crippen molar-refractivity contribution >= 4 is 0 Å². The van der Waals surface area contributed by atoms with Crippen LogP contribution in [0.25, 0.3) is 0 Å². The van der Waals surface area contributed by atoms with E-state index >= 15 is 0 Å². The Bertz CT molecular complexity index is 282. The van der Waals surface area contributed by atoms with Crippen LogP contribution in [0.2, 0.25) is 0 Å². The Kier molecular flexibility index (Phi) is 2.71. The summed E-state index contributed by atoms with van der Waals surface area (Å²) in [6, 6.07) is 1.82. The lowest BCUT2D eigenvalue weighted by Crippen LogP contribution is -2.07. The Morgan fingerprint density at radius 2 is 2.25 bits per heavy atom. The standard InChI is InChI=1S/C10H15NO/c1-7(2)6-9(11)10-8(3)4-5-12-10/h4-6,9H,11H2,1-3H3. The molecule has 1 aromatic rings. The molecule has 2 heteroatoms. The SMILES string of the molecule is CC(C)=CC(N)c1occc1C. The summed E-state index contributed by atoms with van der Waals surface area (Å²) in [4.78, 5) is 0. The van der Waals surface area contributed by atoms with Crippen molar-refractivity contribution in [2.75, 3.05) is 0 Å². The van der Waals surface area contributed by atoms with Crippen LogP contribution < -0.4 is 5.73 Å². The molecule has 1 atom stereocenters. The van der Waals surface area contributed by atoms with Gasteiger partial charge < -0.3 is 10.2 Å². The van der Waals surface area contributed by atoms with Crippen LogP contribution >= 0.6 is 0 Å². The first-order valence-corrected chi connectivity index (χ1v) is 4.06. The summed E-state index contributed by atoms with van der Waals surface area (Å²) in [5, 5.41) is 0. The first-order valence-electron chi connectivity index (χ1n) is 4.06. The number of nitrogens with two attached hydrogens (primary N) is 1. The second-order valence-electron chi connectivity index (χ2n) is 3.24. The highest BCUT2D eigenvalue weighted by Gasteiger charge is 2.08. The van der Waals surface area contributed by atoms with Gasteiger partial charge in [0.2, 0.25) is 0 Å². The molecule has 66 valence electrons. The van der Waals surface area contributed by atoms with Gasteiger partial charge in [0.05, 0.1) is 12.3 Å². The third-order valence-electron chi connectivity index (χ3n) is 1.72. The number of hydrogen-bond donors (Lipinski definition) is 1. The lowest BCUT2D eigenvalue weighted by molar-refractivity contribution is 0.490. The normalized spacial score (nSPS) is 12.7. The fourth-order valence-electron chi connectivity index (χ4n) is 1.16. The minimum Gasteiger partial charge on any atom is -0.467 e. The predicted molar refractivity (Wildman–Crippen MR) is 49.8 cm³/mol. The molecule has 2 nitrogen and oxygen atoms in total. The van der Waals surface area contributed by atoms with Gasteiger partial charge in [-0.15, -0.1) is 0 Å². The van der Waals surface area contributed by atoms with Gasteiger partial charge in [0.25, 0.3) is 0 Å². The Labute approximate surface area is 73.1 Å². The van der Waals surface area contributed by atoms with Crippen LogP contribution in [0.15, 0.2) is 28.4 Å². The van der Waals surface area contributed by atoms with Gasteiger partial charge in [-0.25, -0.2) is 0 Å². The maximum absolute atomic E-state index is 5.87. The first-order chi connectivity index (χ1) is 5.61. The number of allylic oxidation sites excluding steroid dienone is 1. The zero-order valence-corrected chi connectivity index (χ0v) is 7.79. The molecular formula is C10H15NO. The smallest absolute Gasteiger partial charge is 0.127 e. The summed E-state index contributed by atoms with van der Waals surface area (Å²) < 4.78 is 5.26. The van der Waals surface area contributed by atoms with Crippen molar-refractivity contribution in [2.45, 2.75) is 26.8 Å². The number of furan rings is 1. The number of aryl methyl sites for hydroxylation is 1. The molecule has 0 saturated carbocycles. The van der Waals surface area contributed by atoms with Crippen LogP contribution in [0.5, 0.6) is 0 Å². The summed E-state index contributed by atoms with van der Waals surface area (Å²) in [6.45, 7) is 6.05. The maximum Gasteiger partial charge on any atom is 0.127 e. The van der Waals surface area contributed by atoms with Crippen LogP contribution in [0.3, 0.4) is 0 Å². The van der Waals surface area contributed by atoms with E-state index in [9.17, 15) is 0 Å². The molecule has 0 amide bonds. The molecule has 0 fully saturated rings. The molecule has 1 aromatic heterocycles. The van der Waals surface area contributed by atoms with Gasteiger partial charge in [-0.3, -0.25) is 0 Å². The summed E-state index contributed by atoms with van der Waals surface area (Å²) in [5.41, 5.74) is 8.19. The third kappa shape index (κ3) is 1.98. The Morgan fingerprint density at radius 1 is 1.58 bits per heavy atom. The highest BCUT2D eigenvalue weighted by Crippen LogP contribution is 2.18. The number of rotatable bonds is 2. The average molecular weight is 165 g/mol. The van der Waals surface area contributed by atoms with E-state index < -0.39 is 0 Å². The second kappa shape index (κ2) is 3.59. The number of hydrogen-bond acceptors (Lipinski definition) is 2. The average Bonchev–Trinajstić information content (AvgIpc) is 2.33. The van der Waals surface area contributed by atoms with Crippen molar-refractivity contribution in [3.63, 3.8) is 0 Å². The molecule has 0 spiro atoms. The molecule has 0 aliphatic carbocycles. The lowest BCUT2D eigenvalue weighted by Gasteiger charge is -2.04. The fourth-order valence-corrected chi connectivity index (χ4v) is 1.16. The first kappa shape index (κ1) is 9.07. The van der Waals surface area contributed by atoms with Crippen molar-refractivity contribution in [1.29, 1.82) is 0 Å². The van der Waals surface area contributed by atoms with E-state index in [-0.39, 0.29) is 6.04 Å². The van der Waals surface area contributed by atoms with Gasteiger partial charge in [0.15, 0.2) is 0 Å². The lowest BCUT2D eigenvalue weighted by atomic mass is 10.1. The fraction of sp³-hybridized carbons (Fsp3) is 0.400. The molecule has 0 radical (unpaired) electrons. The topological polar surface area (TPSA) is 39.2 Å². The van der Waals surface area contributed by atoms with Crippen molar-refractivity contribution in [3.05, 3.63) is 35.3 Å². The van der Waals surface area contributed by atoms with E-state index in [1.807, 2.05) is 32.9 Å². The van der Waals surface area contributed by atoms with E-state index in [2.05, 4.69) is 0 Å². The highest BCUT2D eigenvalue weighted by atomic mass is 16.3. The molecule has 0 bridgehead atoms. The highest BCUT2D eigenvalue weighted by molar-refractivity contribution is 5.22. The van der Waals surface area contributed by atoms with E-state index in [4.69, 9.17) is 10.2 Å². The molecule has 0 saturated heterocycles. The summed E-state index contributed by atoms with van der Waals surface area (Å²) >= 11 is 0. The van der Waals surface area contributed by atoms with Gasteiger partial charge in [-0.05, 0) is 32.4 Å². The Hall–Kier alpha value is -1.02. The van der Waals surface area contributed by atoms with Crippen LogP contribution in [-0.2, 0) is 0 Å². The molecule has 1 rings (SSSR count). The van der Waals surface area contributed by atoms with E-state index in [1.165, 1.54) is 5.57 Å². The van der Waals surface area contributed by atoms with Crippen LogP contribution in [0.1, 0.15) is 31.2 Å². The van der Waals surface area contributed by atoms with Crippen LogP contribution in [-0.4, -0.2) is 0 Å². The summed E-state index contributed by atoms with van der Waals surface area (Å²) in [6.07, 6.45) is 3.66. The Balaban J connectivity index is 2.85. The molecule has 1 unspecified atom stereocenters. The van der Waals surface area contributed by atoms with E-state index in [1.54, 1.807) is 6.26 Å². The minimum absolute atomic E-state index is 0.106. The van der Waals surface area contributed by atoms with Gasteiger partial charge in [-0.2, -0.15) is 0 Å². The van der Waals surface area contributed by atoms with Crippen LogP contribution in [0.4, 0.5) is 0 Å². The second-order valence-corrected chi connectivity index (χ2v) is 3.24. The molecule has 12 heavy (non-hydrogen) atoms. The largest absolute Gasteiger partial charge is 0.467 e. The monoisotopic (exact) mass is 165 g/mol. The third-order valence-corrected chi connectivity index (χ3v) is 1.72. The molecule has 0 aliphatic heterocycles. The predicted octanol–water partition coefficient (Wildman–Crippen LogP) is 2.55. The van der Waals surface area contributed by atoms with Gasteiger partial charge in [-0.1, -0.05) is 11.6 Å². The summed E-state index contributed by atoms with van der Waals surface area (Å²) in [5.74, 6) is 0.858. The van der Waals surface area contributed by atoms with Crippen LogP contribution in [0, 0.1) is 6.92 Å².